The summed E-state index contributed by atoms with van der Waals surface area (Å²) in [7, 11) is -3.10. The van der Waals surface area contributed by atoms with Gasteiger partial charge in [-0.15, -0.1) is 0 Å². The number of rotatable bonds is 2. The van der Waals surface area contributed by atoms with Gasteiger partial charge in [-0.1, -0.05) is 18.5 Å². The predicted octanol–water partition coefficient (Wildman–Crippen LogP) is 2.44. The first-order valence-electron chi connectivity index (χ1n) is 3.96. The van der Waals surface area contributed by atoms with Crippen molar-refractivity contribution >= 4 is 21.4 Å². The van der Waals surface area contributed by atoms with Crippen LogP contribution in [0.2, 0.25) is 5.02 Å². The molecule has 4 heteroatoms. The first-order chi connectivity index (χ1) is 5.97. The van der Waals surface area contributed by atoms with Crippen molar-refractivity contribution in [3.8, 4) is 0 Å². The van der Waals surface area contributed by atoms with E-state index in [1.54, 1.807) is 26.0 Å². The molecule has 0 radical (unpaired) electrons. The molecular weight excluding hydrogens is 208 g/mol. The van der Waals surface area contributed by atoms with Gasteiger partial charge in [-0.25, -0.2) is 8.42 Å². The van der Waals surface area contributed by atoms with E-state index in [1.165, 1.54) is 6.07 Å². The van der Waals surface area contributed by atoms with Crippen LogP contribution in [-0.4, -0.2) is 14.2 Å². The van der Waals surface area contributed by atoms with Crippen LogP contribution in [0.25, 0.3) is 0 Å². The smallest absolute Gasteiger partial charge is 0.178 e. The molecule has 0 N–H and O–H groups in total. The highest BCUT2D eigenvalue weighted by molar-refractivity contribution is 7.91. The van der Waals surface area contributed by atoms with Gasteiger partial charge in [-0.05, 0) is 30.7 Å². The second-order valence-electron chi connectivity index (χ2n) is 2.81. The first kappa shape index (κ1) is 10.5. The molecule has 0 bridgehead atoms. The fourth-order valence-electron chi connectivity index (χ4n) is 0.977. The molecule has 0 amide bonds. The Labute approximate surface area is 83.5 Å². The maximum absolute atomic E-state index is 11.4. The third-order valence-corrected chi connectivity index (χ3v) is 4.02. The average Bonchev–Trinajstić information content (AvgIpc) is 2.09. The summed E-state index contributed by atoms with van der Waals surface area (Å²) in [5.41, 5.74) is 0.788. The topological polar surface area (TPSA) is 34.1 Å². The number of sulfone groups is 1. The minimum absolute atomic E-state index is 0.119. The lowest BCUT2D eigenvalue weighted by Crippen LogP contribution is -2.03. The van der Waals surface area contributed by atoms with Crippen molar-refractivity contribution in [2.24, 2.45) is 0 Å². The van der Waals surface area contributed by atoms with Crippen molar-refractivity contribution in [1.82, 2.24) is 0 Å². The summed E-state index contributed by atoms with van der Waals surface area (Å²) < 4.78 is 22.8. The van der Waals surface area contributed by atoms with E-state index in [0.29, 0.717) is 9.92 Å². The molecule has 0 unspecified atom stereocenters. The Balaban J connectivity index is 3.27. The number of aryl methyl sites for hydroxylation is 1. The Morgan fingerprint density at radius 3 is 2.46 bits per heavy atom. The fourth-order valence-corrected chi connectivity index (χ4v) is 2.06. The van der Waals surface area contributed by atoms with Crippen LogP contribution in [0, 0.1) is 6.92 Å². The van der Waals surface area contributed by atoms with Gasteiger partial charge in [0.25, 0.3) is 0 Å². The zero-order valence-electron chi connectivity index (χ0n) is 7.54. The molecule has 1 rings (SSSR count). The Kier molecular flexibility index (Phi) is 2.98. The summed E-state index contributed by atoms with van der Waals surface area (Å²) in [5, 5.41) is 0.593. The summed E-state index contributed by atoms with van der Waals surface area (Å²) in [5.74, 6) is 0.119. The summed E-state index contributed by atoms with van der Waals surface area (Å²) in [6, 6.07) is 4.74. The minimum Gasteiger partial charge on any atom is -0.224 e. The van der Waals surface area contributed by atoms with E-state index in [4.69, 9.17) is 11.6 Å². The summed E-state index contributed by atoms with van der Waals surface area (Å²) in [4.78, 5) is 0.344. The van der Waals surface area contributed by atoms with Gasteiger partial charge < -0.3 is 0 Å². The van der Waals surface area contributed by atoms with Gasteiger partial charge in [0, 0.05) is 5.02 Å². The zero-order valence-corrected chi connectivity index (χ0v) is 9.11. The van der Waals surface area contributed by atoms with Crippen LogP contribution in [0.3, 0.4) is 0 Å². The Bertz CT molecular complexity index is 410. The highest BCUT2D eigenvalue weighted by atomic mass is 35.5. The third kappa shape index (κ3) is 2.23. The van der Waals surface area contributed by atoms with E-state index in [2.05, 4.69) is 0 Å². The maximum Gasteiger partial charge on any atom is 0.178 e. The van der Waals surface area contributed by atoms with E-state index in [0.717, 1.165) is 5.56 Å². The largest absolute Gasteiger partial charge is 0.224 e. The summed E-state index contributed by atoms with van der Waals surface area (Å²) in [6.07, 6.45) is 0. The van der Waals surface area contributed by atoms with Gasteiger partial charge in [-0.3, -0.25) is 0 Å². The molecule has 0 saturated carbocycles. The Hall–Kier alpha value is -0.540. The normalized spacial score (nSPS) is 11.6. The number of halogens is 1. The van der Waals surface area contributed by atoms with E-state index in [1.807, 2.05) is 0 Å². The zero-order chi connectivity index (χ0) is 10.1. The maximum atomic E-state index is 11.4. The molecule has 13 heavy (non-hydrogen) atoms. The lowest BCUT2D eigenvalue weighted by atomic mass is 10.2. The van der Waals surface area contributed by atoms with E-state index in [-0.39, 0.29) is 5.75 Å². The number of benzene rings is 1. The average molecular weight is 219 g/mol. The van der Waals surface area contributed by atoms with Crippen LogP contribution in [-0.2, 0) is 9.84 Å². The molecule has 0 aliphatic rings. The number of hydrogen-bond acceptors (Lipinski definition) is 2. The highest BCUT2D eigenvalue weighted by Gasteiger charge is 2.11. The van der Waals surface area contributed by atoms with Crippen LogP contribution in [0.15, 0.2) is 23.1 Å². The van der Waals surface area contributed by atoms with Gasteiger partial charge in [-0.2, -0.15) is 0 Å². The molecule has 0 spiro atoms. The highest BCUT2D eigenvalue weighted by Crippen LogP contribution is 2.19. The van der Waals surface area contributed by atoms with Crippen molar-refractivity contribution in [2.75, 3.05) is 5.75 Å². The second-order valence-corrected chi connectivity index (χ2v) is 5.50. The standard InChI is InChI=1S/C9H11ClO2S/c1-3-13(11,12)8-4-5-9(10)7(2)6-8/h4-6H,3H2,1-2H3. The SMILES string of the molecule is CCS(=O)(=O)c1ccc(Cl)c(C)c1. The van der Waals surface area contributed by atoms with Crippen LogP contribution < -0.4 is 0 Å². The van der Waals surface area contributed by atoms with Gasteiger partial charge in [0.2, 0.25) is 0 Å². The quantitative estimate of drug-likeness (QED) is 0.764. The van der Waals surface area contributed by atoms with Crippen molar-refractivity contribution in [1.29, 1.82) is 0 Å². The Morgan fingerprint density at radius 1 is 1.38 bits per heavy atom. The monoisotopic (exact) mass is 218 g/mol. The Morgan fingerprint density at radius 2 is 2.00 bits per heavy atom. The van der Waals surface area contributed by atoms with E-state index >= 15 is 0 Å². The molecule has 0 aliphatic carbocycles. The molecule has 0 heterocycles. The first-order valence-corrected chi connectivity index (χ1v) is 5.99. The van der Waals surface area contributed by atoms with Crippen molar-refractivity contribution < 1.29 is 8.42 Å². The fraction of sp³-hybridized carbons (Fsp3) is 0.333. The van der Waals surface area contributed by atoms with Crippen molar-refractivity contribution in [3.05, 3.63) is 28.8 Å². The van der Waals surface area contributed by atoms with E-state index < -0.39 is 9.84 Å². The lowest BCUT2D eigenvalue weighted by molar-refractivity contribution is 0.597. The molecule has 0 saturated heterocycles. The molecule has 72 valence electrons. The summed E-state index contributed by atoms with van der Waals surface area (Å²) in [6.45, 7) is 3.41. The molecule has 1 aromatic rings. The predicted molar refractivity (Wildman–Crippen MR) is 53.9 cm³/mol. The molecule has 0 aliphatic heterocycles. The second kappa shape index (κ2) is 3.68. The van der Waals surface area contributed by atoms with Crippen LogP contribution in [0.5, 0.6) is 0 Å². The molecule has 1 aromatic carbocycles. The lowest BCUT2D eigenvalue weighted by Gasteiger charge is -2.03. The van der Waals surface area contributed by atoms with Gasteiger partial charge in [0.05, 0.1) is 10.6 Å². The summed E-state index contributed by atoms with van der Waals surface area (Å²) >= 11 is 5.78. The minimum atomic E-state index is -3.10. The third-order valence-electron chi connectivity index (χ3n) is 1.87. The molecular formula is C9H11ClO2S. The molecule has 0 fully saturated rings. The number of hydrogen-bond donors (Lipinski definition) is 0. The van der Waals surface area contributed by atoms with Crippen LogP contribution in [0.4, 0.5) is 0 Å². The molecule has 0 atom stereocenters. The van der Waals surface area contributed by atoms with Gasteiger partial charge >= 0.3 is 0 Å². The van der Waals surface area contributed by atoms with Crippen molar-refractivity contribution in [3.63, 3.8) is 0 Å². The van der Waals surface area contributed by atoms with Gasteiger partial charge in [0.15, 0.2) is 9.84 Å². The van der Waals surface area contributed by atoms with Crippen molar-refractivity contribution in [2.45, 2.75) is 18.7 Å². The van der Waals surface area contributed by atoms with E-state index in [9.17, 15) is 8.42 Å². The molecule has 0 aromatic heterocycles. The van der Waals surface area contributed by atoms with Gasteiger partial charge in [0.1, 0.15) is 0 Å². The van der Waals surface area contributed by atoms with Crippen LogP contribution in [0.1, 0.15) is 12.5 Å². The van der Waals surface area contributed by atoms with Crippen LogP contribution >= 0.6 is 11.6 Å². The molecule has 2 nitrogen and oxygen atoms in total.